The summed E-state index contributed by atoms with van der Waals surface area (Å²) in [5.74, 6) is 2.63. The Morgan fingerprint density at radius 3 is 2.57 bits per heavy atom. The molecule has 1 aliphatic heterocycles. The molecular weight excluding hydrogens is 258 g/mol. The molecule has 4 atom stereocenters. The number of likely N-dealkylation sites (tertiary alicyclic amines) is 1. The molecule has 0 aromatic rings. The van der Waals surface area contributed by atoms with E-state index in [-0.39, 0.29) is 0 Å². The standard InChI is InChI=1S/C18H37N3/c1-14(2)15-8-9-18(19-3)16(11-15)12-21-10-6-7-17(21)13-20(4)5/h14-19H,6-13H2,1-5H3. The molecule has 0 amide bonds. The van der Waals surface area contributed by atoms with Gasteiger partial charge in [0.15, 0.2) is 0 Å². The summed E-state index contributed by atoms with van der Waals surface area (Å²) in [6.07, 6.45) is 7.00. The number of rotatable bonds is 6. The molecule has 0 bridgehead atoms. The minimum absolute atomic E-state index is 0.737. The molecule has 1 aliphatic carbocycles. The average Bonchev–Trinajstić information content (AvgIpc) is 2.85. The maximum atomic E-state index is 3.61. The van der Waals surface area contributed by atoms with Gasteiger partial charge in [0.2, 0.25) is 0 Å². The molecule has 0 aromatic carbocycles. The fourth-order valence-electron chi connectivity index (χ4n) is 4.55. The van der Waals surface area contributed by atoms with E-state index in [1.165, 1.54) is 51.7 Å². The van der Waals surface area contributed by atoms with Gasteiger partial charge in [0.1, 0.15) is 0 Å². The van der Waals surface area contributed by atoms with Crippen molar-refractivity contribution in [2.45, 2.75) is 58.0 Å². The Balaban J connectivity index is 1.94. The SMILES string of the molecule is CNC1CCC(C(C)C)CC1CN1CCCC1CN(C)C. The molecule has 1 saturated carbocycles. The smallest absolute Gasteiger partial charge is 0.0223 e. The monoisotopic (exact) mass is 295 g/mol. The van der Waals surface area contributed by atoms with E-state index in [0.29, 0.717) is 0 Å². The van der Waals surface area contributed by atoms with Gasteiger partial charge < -0.3 is 10.2 Å². The summed E-state index contributed by atoms with van der Waals surface area (Å²) in [5, 5.41) is 3.61. The Morgan fingerprint density at radius 1 is 1.19 bits per heavy atom. The third-order valence-corrected chi connectivity index (χ3v) is 5.88. The zero-order valence-corrected chi connectivity index (χ0v) is 14.9. The summed E-state index contributed by atoms with van der Waals surface area (Å²) in [7, 11) is 6.58. The van der Waals surface area contributed by atoms with Crippen LogP contribution in [0.15, 0.2) is 0 Å². The van der Waals surface area contributed by atoms with Crippen LogP contribution in [-0.2, 0) is 0 Å². The van der Waals surface area contributed by atoms with Gasteiger partial charge in [-0.2, -0.15) is 0 Å². The van der Waals surface area contributed by atoms with Crippen molar-refractivity contribution in [3.8, 4) is 0 Å². The van der Waals surface area contributed by atoms with Gasteiger partial charge in [-0.05, 0) is 77.5 Å². The van der Waals surface area contributed by atoms with Gasteiger partial charge in [0.25, 0.3) is 0 Å². The largest absolute Gasteiger partial charge is 0.317 e. The first-order chi connectivity index (χ1) is 10.0. The zero-order chi connectivity index (χ0) is 15.4. The molecule has 1 saturated heterocycles. The Kier molecular flexibility index (Phi) is 6.51. The van der Waals surface area contributed by atoms with Gasteiger partial charge in [-0.1, -0.05) is 13.8 Å². The molecule has 0 radical (unpaired) electrons. The van der Waals surface area contributed by atoms with Crippen LogP contribution in [0, 0.1) is 17.8 Å². The number of likely N-dealkylation sites (N-methyl/N-ethyl adjacent to an activating group) is 1. The van der Waals surface area contributed by atoms with Crippen molar-refractivity contribution in [2.24, 2.45) is 17.8 Å². The van der Waals surface area contributed by atoms with Crippen LogP contribution in [0.5, 0.6) is 0 Å². The van der Waals surface area contributed by atoms with Crippen molar-refractivity contribution >= 4 is 0 Å². The minimum atomic E-state index is 0.737. The number of hydrogen-bond acceptors (Lipinski definition) is 3. The van der Waals surface area contributed by atoms with E-state index in [2.05, 4.69) is 50.1 Å². The van der Waals surface area contributed by atoms with Crippen LogP contribution in [0.2, 0.25) is 0 Å². The second-order valence-corrected chi connectivity index (χ2v) is 8.03. The highest BCUT2D eigenvalue weighted by molar-refractivity contribution is 4.90. The zero-order valence-electron chi connectivity index (χ0n) is 14.9. The lowest BCUT2D eigenvalue weighted by Gasteiger charge is -2.41. The van der Waals surface area contributed by atoms with E-state index in [9.17, 15) is 0 Å². The third kappa shape index (κ3) is 4.67. The fourth-order valence-corrected chi connectivity index (χ4v) is 4.55. The van der Waals surface area contributed by atoms with Crippen LogP contribution < -0.4 is 5.32 Å². The molecule has 0 aromatic heterocycles. The van der Waals surface area contributed by atoms with Crippen molar-refractivity contribution in [2.75, 3.05) is 40.8 Å². The van der Waals surface area contributed by atoms with Crippen LogP contribution >= 0.6 is 0 Å². The van der Waals surface area contributed by atoms with Crippen molar-refractivity contribution in [1.82, 2.24) is 15.1 Å². The molecule has 3 heteroatoms. The summed E-state index contributed by atoms with van der Waals surface area (Å²) in [5.41, 5.74) is 0. The first-order valence-corrected chi connectivity index (χ1v) is 9.07. The Bertz CT molecular complexity index is 303. The molecule has 4 unspecified atom stereocenters. The molecule has 0 spiro atoms. The predicted molar refractivity (Wildman–Crippen MR) is 91.7 cm³/mol. The van der Waals surface area contributed by atoms with E-state index in [0.717, 1.165) is 29.8 Å². The van der Waals surface area contributed by atoms with Gasteiger partial charge >= 0.3 is 0 Å². The van der Waals surface area contributed by atoms with Crippen molar-refractivity contribution in [1.29, 1.82) is 0 Å². The average molecular weight is 296 g/mol. The van der Waals surface area contributed by atoms with Gasteiger partial charge in [0, 0.05) is 25.2 Å². The molecule has 21 heavy (non-hydrogen) atoms. The summed E-state index contributed by atoms with van der Waals surface area (Å²) in [6.45, 7) is 8.67. The highest BCUT2D eigenvalue weighted by Gasteiger charge is 2.34. The maximum Gasteiger partial charge on any atom is 0.0223 e. The molecule has 3 nitrogen and oxygen atoms in total. The second kappa shape index (κ2) is 7.94. The Morgan fingerprint density at radius 2 is 1.95 bits per heavy atom. The predicted octanol–water partition coefficient (Wildman–Crippen LogP) is 2.67. The van der Waals surface area contributed by atoms with Crippen LogP contribution in [-0.4, -0.2) is 62.7 Å². The molecule has 2 aliphatic rings. The second-order valence-electron chi connectivity index (χ2n) is 8.03. The van der Waals surface area contributed by atoms with E-state index < -0.39 is 0 Å². The number of hydrogen-bond donors (Lipinski definition) is 1. The molecule has 124 valence electrons. The maximum absolute atomic E-state index is 3.61. The van der Waals surface area contributed by atoms with Gasteiger partial charge in [0.05, 0.1) is 0 Å². The quantitative estimate of drug-likeness (QED) is 0.813. The van der Waals surface area contributed by atoms with Crippen LogP contribution in [0.1, 0.15) is 46.0 Å². The molecular formula is C18H37N3. The van der Waals surface area contributed by atoms with Gasteiger partial charge in [-0.3, -0.25) is 4.90 Å². The lowest BCUT2D eigenvalue weighted by molar-refractivity contribution is 0.110. The minimum Gasteiger partial charge on any atom is -0.317 e. The number of nitrogens with zero attached hydrogens (tertiary/aromatic N) is 2. The van der Waals surface area contributed by atoms with Crippen LogP contribution in [0.3, 0.4) is 0 Å². The first kappa shape index (κ1) is 17.2. The fraction of sp³-hybridized carbons (Fsp3) is 1.00. The molecule has 2 rings (SSSR count). The lowest BCUT2D eigenvalue weighted by Crippen LogP contribution is -2.47. The van der Waals surface area contributed by atoms with Crippen LogP contribution in [0.4, 0.5) is 0 Å². The van der Waals surface area contributed by atoms with Gasteiger partial charge in [-0.25, -0.2) is 0 Å². The molecule has 1 heterocycles. The van der Waals surface area contributed by atoms with Crippen LogP contribution in [0.25, 0.3) is 0 Å². The highest BCUT2D eigenvalue weighted by atomic mass is 15.2. The summed E-state index contributed by atoms with van der Waals surface area (Å²) >= 11 is 0. The Labute approximate surface area is 132 Å². The van der Waals surface area contributed by atoms with Crippen molar-refractivity contribution in [3.05, 3.63) is 0 Å². The Hall–Kier alpha value is -0.120. The summed E-state index contributed by atoms with van der Waals surface area (Å²) < 4.78 is 0. The summed E-state index contributed by atoms with van der Waals surface area (Å²) in [6, 6.07) is 1.53. The van der Waals surface area contributed by atoms with Crippen molar-refractivity contribution in [3.63, 3.8) is 0 Å². The normalized spacial score (nSPS) is 35.0. The third-order valence-electron chi connectivity index (χ3n) is 5.88. The van der Waals surface area contributed by atoms with Gasteiger partial charge in [-0.15, -0.1) is 0 Å². The highest BCUT2D eigenvalue weighted by Crippen LogP contribution is 2.35. The van der Waals surface area contributed by atoms with E-state index in [1.807, 2.05) is 0 Å². The van der Waals surface area contributed by atoms with E-state index in [1.54, 1.807) is 0 Å². The lowest BCUT2D eigenvalue weighted by atomic mass is 9.73. The molecule has 2 fully saturated rings. The summed E-state index contributed by atoms with van der Waals surface area (Å²) in [4.78, 5) is 5.15. The van der Waals surface area contributed by atoms with E-state index in [4.69, 9.17) is 0 Å². The van der Waals surface area contributed by atoms with E-state index >= 15 is 0 Å². The molecule has 1 N–H and O–H groups in total. The topological polar surface area (TPSA) is 18.5 Å². The first-order valence-electron chi connectivity index (χ1n) is 9.07. The number of nitrogens with one attached hydrogen (secondary N) is 1. The van der Waals surface area contributed by atoms with Crippen molar-refractivity contribution < 1.29 is 0 Å².